The number of thioether (sulfide) groups is 1. The molecule has 0 aliphatic heterocycles. The molecule has 0 saturated carbocycles. The number of hydrogen-bond donors (Lipinski definition) is 2. The number of carboxylic acids is 1. The van der Waals surface area contributed by atoms with Crippen LogP contribution in [0.5, 0.6) is 0 Å². The summed E-state index contributed by atoms with van der Waals surface area (Å²) in [4.78, 5) is 24.1. The van der Waals surface area contributed by atoms with E-state index in [1.54, 1.807) is 18.2 Å². The van der Waals surface area contributed by atoms with Gasteiger partial charge in [-0.1, -0.05) is 23.6 Å². The van der Waals surface area contributed by atoms with Crippen molar-refractivity contribution in [2.75, 3.05) is 29.5 Å². The number of rotatable bonds is 7. The minimum atomic E-state index is -1.10. The van der Waals surface area contributed by atoms with E-state index in [0.29, 0.717) is 28.8 Å². The molecule has 0 heterocycles. The standard InChI is InChI=1S/C14H15ClN2O3S/c1-2-7-21-8-6-16-14(20)17(10-13(18)19)12-5-3-4-11(15)9-12/h1,3-5,9H,6-8,10H2,(H,16,20)(H,18,19). The monoisotopic (exact) mass is 326 g/mol. The van der Waals surface area contributed by atoms with E-state index in [2.05, 4.69) is 11.2 Å². The van der Waals surface area contributed by atoms with Crippen LogP contribution in [0.4, 0.5) is 10.5 Å². The van der Waals surface area contributed by atoms with Crippen molar-refractivity contribution in [2.24, 2.45) is 0 Å². The number of nitrogens with one attached hydrogen (secondary N) is 1. The van der Waals surface area contributed by atoms with Gasteiger partial charge in [0.15, 0.2) is 0 Å². The summed E-state index contributed by atoms with van der Waals surface area (Å²) < 4.78 is 0. The van der Waals surface area contributed by atoms with Gasteiger partial charge in [-0.2, -0.15) is 0 Å². The van der Waals surface area contributed by atoms with E-state index in [-0.39, 0.29) is 0 Å². The van der Waals surface area contributed by atoms with E-state index >= 15 is 0 Å². The molecule has 112 valence electrons. The van der Waals surface area contributed by atoms with Crippen LogP contribution in [0, 0.1) is 12.3 Å². The Hall–Kier alpha value is -1.84. The van der Waals surface area contributed by atoms with Crippen LogP contribution in [-0.2, 0) is 4.79 Å². The Morgan fingerprint density at radius 1 is 1.48 bits per heavy atom. The van der Waals surface area contributed by atoms with Crippen LogP contribution in [0.1, 0.15) is 0 Å². The lowest BCUT2D eigenvalue weighted by Gasteiger charge is -2.21. The lowest BCUT2D eigenvalue weighted by Crippen LogP contribution is -2.43. The highest BCUT2D eigenvalue weighted by Crippen LogP contribution is 2.19. The van der Waals surface area contributed by atoms with Gasteiger partial charge in [0.25, 0.3) is 0 Å². The first-order chi connectivity index (χ1) is 10.0. The number of nitrogens with zero attached hydrogens (tertiary/aromatic N) is 1. The molecule has 0 radical (unpaired) electrons. The fourth-order valence-corrected chi connectivity index (χ4v) is 2.21. The fourth-order valence-electron chi connectivity index (χ4n) is 1.52. The van der Waals surface area contributed by atoms with Gasteiger partial charge in [0, 0.05) is 23.0 Å². The second-order valence-corrected chi connectivity index (χ2v) is 5.49. The normalized spacial score (nSPS) is 9.71. The molecule has 0 bridgehead atoms. The van der Waals surface area contributed by atoms with Crippen molar-refractivity contribution in [2.45, 2.75) is 0 Å². The number of carbonyl (C=O) groups is 2. The van der Waals surface area contributed by atoms with Crippen LogP contribution < -0.4 is 10.2 Å². The van der Waals surface area contributed by atoms with Crippen molar-refractivity contribution in [3.63, 3.8) is 0 Å². The molecule has 2 N–H and O–H groups in total. The van der Waals surface area contributed by atoms with Crippen LogP contribution >= 0.6 is 23.4 Å². The minimum absolute atomic E-state index is 0.405. The van der Waals surface area contributed by atoms with E-state index in [1.165, 1.54) is 17.8 Å². The second-order valence-electron chi connectivity index (χ2n) is 3.95. The summed E-state index contributed by atoms with van der Waals surface area (Å²) in [7, 11) is 0. The number of halogens is 1. The summed E-state index contributed by atoms with van der Waals surface area (Å²) in [5.74, 6) is 2.61. The number of hydrogen-bond acceptors (Lipinski definition) is 3. The third-order valence-corrected chi connectivity index (χ3v) is 3.47. The first-order valence-electron chi connectivity index (χ1n) is 6.08. The van der Waals surface area contributed by atoms with Crippen molar-refractivity contribution in [3.8, 4) is 12.3 Å². The molecule has 21 heavy (non-hydrogen) atoms. The SMILES string of the molecule is C#CCSCCNC(=O)N(CC(=O)O)c1cccc(Cl)c1. The molecule has 0 spiro atoms. The van der Waals surface area contributed by atoms with Crippen LogP contribution in [-0.4, -0.2) is 41.7 Å². The minimum Gasteiger partial charge on any atom is -0.480 e. The topological polar surface area (TPSA) is 69.6 Å². The molecule has 1 rings (SSSR count). The van der Waals surface area contributed by atoms with Gasteiger partial charge in [0.1, 0.15) is 6.54 Å². The number of aliphatic carboxylic acids is 1. The van der Waals surface area contributed by atoms with Crippen molar-refractivity contribution in [1.29, 1.82) is 0 Å². The summed E-state index contributed by atoms with van der Waals surface area (Å²) in [5, 5.41) is 12.0. The summed E-state index contributed by atoms with van der Waals surface area (Å²) >= 11 is 7.38. The molecular formula is C14H15ClN2O3S. The van der Waals surface area contributed by atoms with Crippen LogP contribution in [0.2, 0.25) is 5.02 Å². The Morgan fingerprint density at radius 3 is 2.86 bits per heavy atom. The molecule has 2 amide bonds. The second kappa shape index (κ2) is 9.16. The largest absolute Gasteiger partial charge is 0.480 e. The van der Waals surface area contributed by atoms with Crippen molar-refractivity contribution in [3.05, 3.63) is 29.3 Å². The molecule has 0 atom stereocenters. The molecule has 1 aromatic rings. The molecular weight excluding hydrogens is 312 g/mol. The molecule has 0 unspecified atom stereocenters. The first-order valence-corrected chi connectivity index (χ1v) is 7.61. The summed E-state index contributed by atoms with van der Waals surface area (Å²) in [6.45, 7) is -0.0362. The summed E-state index contributed by atoms with van der Waals surface area (Å²) in [6.07, 6.45) is 5.12. The maximum atomic E-state index is 12.1. The molecule has 0 aromatic heterocycles. The number of urea groups is 1. The van der Waals surface area contributed by atoms with Crippen LogP contribution in [0.25, 0.3) is 0 Å². The van der Waals surface area contributed by atoms with E-state index < -0.39 is 18.5 Å². The number of benzene rings is 1. The van der Waals surface area contributed by atoms with E-state index in [4.69, 9.17) is 23.1 Å². The van der Waals surface area contributed by atoms with Crippen LogP contribution in [0.15, 0.2) is 24.3 Å². The van der Waals surface area contributed by atoms with Gasteiger partial charge in [-0.3, -0.25) is 9.69 Å². The Morgan fingerprint density at radius 2 is 2.24 bits per heavy atom. The van der Waals surface area contributed by atoms with E-state index in [0.717, 1.165) is 4.90 Å². The smallest absolute Gasteiger partial charge is 0.323 e. The average Bonchev–Trinajstić information content (AvgIpc) is 2.44. The van der Waals surface area contributed by atoms with Gasteiger partial charge in [-0.25, -0.2) is 4.79 Å². The van der Waals surface area contributed by atoms with E-state index in [9.17, 15) is 9.59 Å². The zero-order valence-electron chi connectivity index (χ0n) is 11.2. The zero-order chi connectivity index (χ0) is 15.7. The predicted octanol–water partition coefficient (Wildman–Crippen LogP) is 2.31. The number of carboxylic acid groups (broad SMARTS) is 1. The Bertz CT molecular complexity index is 545. The summed E-state index contributed by atoms with van der Waals surface area (Å²) in [6, 6.07) is 5.99. The summed E-state index contributed by atoms with van der Waals surface area (Å²) in [5.41, 5.74) is 0.429. The van der Waals surface area contributed by atoms with Crippen molar-refractivity contribution in [1.82, 2.24) is 5.32 Å². The quantitative estimate of drug-likeness (QED) is 0.596. The average molecular weight is 327 g/mol. The van der Waals surface area contributed by atoms with Gasteiger partial charge in [-0.15, -0.1) is 18.2 Å². The lowest BCUT2D eigenvalue weighted by atomic mass is 10.3. The number of carbonyl (C=O) groups excluding carboxylic acids is 1. The van der Waals surface area contributed by atoms with Crippen LogP contribution in [0.3, 0.4) is 0 Å². The highest BCUT2D eigenvalue weighted by atomic mass is 35.5. The van der Waals surface area contributed by atoms with Gasteiger partial charge in [0.2, 0.25) is 0 Å². The Labute approximate surface area is 132 Å². The highest BCUT2D eigenvalue weighted by Gasteiger charge is 2.18. The Kier molecular flexibility index (Phi) is 7.51. The predicted molar refractivity (Wildman–Crippen MR) is 86.0 cm³/mol. The number of terminal acetylenes is 1. The molecule has 1 aromatic carbocycles. The Balaban J connectivity index is 2.67. The van der Waals surface area contributed by atoms with Gasteiger partial charge < -0.3 is 10.4 Å². The molecule has 0 aliphatic rings. The molecule has 0 saturated heterocycles. The van der Waals surface area contributed by atoms with Crippen molar-refractivity contribution < 1.29 is 14.7 Å². The lowest BCUT2D eigenvalue weighted by molar-refractivity contribution is -0.135. The zero-order valence-corrected chi connectivity index (χ0v) is 12.8. The third kappa shape index (κ3) is 6.43. The van der Waals surface area contributed by atoms with Crippen molar-refractivity contribution >= 4 is 41.1 Å². The first kappa shape index (κ1) is 17.2. The van der Waals surface area contributed by atoms with Gasteiger partial charge >= 0.3 is 12.0 Å². The number of anilines is 1. The highest BCUT2D eigenvalue weighted by molar-refractivity contribution is 7.99. The maximum Gasteiger partial charge on any atom is 0.323 e. The van der Waals surface area contributed by atoms with Gasteiger partial charge in [-0.05, 0) is 18.2 Å². The number of amides is 2. The third-order valence-electron chi connectivity index (χ3n) is 2.37. The van der Waals surface area contributed by atoms with Gasteiger partial charge in [0.05, 0.1) is 5.75 Å². The molecule has 5 nitrogen and oxygen atoms in total. The van der Waals surface area contributed by atoms with E-state index in [1.807, 2.05) is 0 Å². The molecule has 0 fully saturated rings. The maximum absolute atomic E-state index is 12.1. The fraction of sp³-hybridized carbons (Fsp3) is 0.286. The molecule has 7 heteroatoms. The molecule has 0 aliphatic carbocycles.